The van der Waals surface area contributed by atoms with Crippen molar-refractivity contribution in [3.8, 4) is 0 Å². The van der Waals surface area contributed by atoms with Crippen molar-refractivity contribution in [1.29, 1.82) is 0 Å². The van der Waals surface area contributed by atoms with Gasteiger partial charge in [-0.1, -0.05) is 33.8 Å². The van der Waals surface area contributed by atoms with Gasteiger partial charge >= 0.3 is 0 Å². The number of aliphatic hydroxyl groups is 1. The largest absolute Gasteiger partial charge is 0.389 e. The average molecular weight is 327 g/mol. The molecule has 1 atom stereocenters. The van der Waals surface area contributed by atoms with Crippen LogP contribution in [0, 0.1) is 5.82 Å². The van der Waals surface area contributed by atoms with Gasteiger partial charge in [-0.25, -0.2) is 4.39 Å². The third kappa shape index (κ3) is 3.34. The summed E-state index contributed by atoms with van der Waals surface area (Å²) in [6.07, 6.45) is -0.557. The molecule has 2 aromatic carbocycles. The molecule has 0 aliphatic heterocycles. The molecule has 0 spiro atoms. The van der Waals surface area contributed by atoms with Crippen LogP contribution in [0.5, 0.6) is 0 Å². The van der Waals surface area contributed by atoms with E-state index in [4.69, 9.17) is 0 Å². The molecule has 1 unspecified atom stereocenters. The number of hydrogen-bond acceptors (Lipinski definition) is 2. The van der Waals surface area contributed by atoms with Crippen LogP contribution in [0.25, 0.3) is 0 Å². The topological polar surface area (TPSA) is 20.2 Å². The molecule has 1 nitrogen and oxygen atoms in total. The van der Waals surface area contributed by atoms with Crippen LogP contribution in [0.2, 0.25) is 0 Å². The molecule has 0 amide bonds. The first-order valence-electron chi connectivity index (χ1n) is 5.47. The summed E-state index contributed by atoms with van der Waals surface area (Å²) < 4.78 is 14.0. The van der Waals surface area contributed by atoms with Crippen LogP contribution in [-0.2, 0) is 0 Å². The van der Waals surface area contributed by atoms with Gasteiger partial charge in [0.15, 0.2) is 0 Å². The molecule has 18 heavy (non-hydrogen) atoms. The van der Waals surface area contributed by atoms with E-state index >= 15 is 0 Å². The molecular formula is C14H12BrFOS. The molecule has 2 rings (SSSR count). The zero-order valence-electron chi connectivity index (χ0n) is 9.73. The number of rotatable bonds is 3. The third-order valence-electron chi connectivity index (χ3n) is 2.45. The monoisotopic (exact) mass is 326 g/mol. The van der Waals surface area contributed by atoms with Gasteiger partial charge in [0, 0.05) is 14.3 Å². The summed E-state index contributed by atoms with van der Waals surface area (Å²) in [5.41, 5.74) is 0.832. The summed E-state index contributed by atoms with van der Waals surface area (Å²) in [5.74, 6) is -0.254. The van der Waals surface area contributed by atoms with E-state index in [1.54, 1.807) is 13.0 Å². The van der Waals surface area contributed by atoms with Crippen molar-refractivity contribution in [1.82, 2.24) is 0 Å². The van der Waals surface area contributed by atoms with Crippen molar-refractivity contribution in [2.45, 2.75) is 22.8 Å². The maximum absolute atomic E-state index is 13.1. The Kier molecular flexibility index (Phi) is 4.43. The second-order valence-corrected chi connectivity index (χ2v) is 5.95. The fraction of sp³-hybridized carbons (Fsp3) is 0.143. The van der Waals surface area contributed by atoms with Crippen LogP contribution in [0.15, 0.2) is 56.7 Å². The summed E-state index contributed by atoms with van der Waals surface area (Å²) in [4.78, 5) is 1.75. The van der Waals surface area contributed by atoms with Crippen LogP contribution >= 0.6 is 27.7 Å². The zero-order chi connectivity index (χ0) is 13.1. The van der Waals surface area contributed by atoms with Crippen molar-refractivity contribution >= 4 is 27.7 Å². The van der Waals surface area contributed by atoms with Crippen LogP contribution in [0.1, 0.15) is 18.6 Å². The quantitative estimate of drug-likeness (QED) is 0.874. The van der Waals surface area contributed by atoms with E-state index in [1.165, 1.54) is 23.9 Å². The molecule has 0 aliphatic rings. The van der Waals surface area contributed by atoms with E-state index in [2.05, 4.69) is 15.9 Å². The SMILES string of the molecule is CC(O)c1cc(Br)ccc1Sc1cccc(F)c1. The lowest BCUT2D eigenvalue weighted by Gasteiger charge is -2.12. The first kappa shape index (κ1) is 13.6. The van der Waals surface area contributed by atoms with Gasteiger partial charge in [-0.2, -0.15) is 0 Å². The van der Waals surface area contributed by atoms with Crippen LogP contribution in [0.3, 0.4) is 0 Å². The highest BCUT2D eigenvalue weighted by atomic mass is 79.9. The Hall–Kier alpha value is -0.840. The average Bonchev–Trinajstić information content (AvgIpc) is 2.31. The summed E-state index contributed by atoms with van der Waals surface area (Å²) in [6, 6.07) is 12.1. The second kappa shape index (κ2) is 5.87. The maximum atomic E-state index is 13.1. The standard InChI is InChI=1S/C14H12BrFOS/c1-9(17)13-7-10(15)5-6-14(13)18-12-4-2-3-11(16)8-12/h2-9,17H,1H3. The minimum Gasteiger partial charge on any atom is -0.389 e. The lowest BCUT2D eigenvalue weighted by atomic mass is 10.1. The van der Waals surface area contributed by atoms with Gasteiger partial charge in [0.05, 0.1) is 6.10 Å². The van der Waals surface area contributed by atoms with E-state index < -0.39 is 6.10 Å². The normalized spacial score (nSPS) is 12.4. The highest BCUT2D eigenvalue weighted by molar-refractivity contribution is 9.10. The summed E-state index contributed by atoms with van der Waals surface area (Å²) in [5, 5.41) is 9.75. The van der Waals surface area contributed by atoms with Gasteiger partial charge in [0.1, 0.15) is 5.82 Å². The van der Waals surface area contributed by atoms with Gasteiger partial charge in [0.25, 0.3) is 0 Å². The molecule has 0 heterocycles. The van der Waals surface area contributed by atoms with Gasteiger partial charge < -0.3 is 5.11 Å². The molecule has 0 saturated heterocycles. The maximum Gasteiger partial charge on any atom is 0.124 e. The number of halogens is 2. The zero-order valence-corrected chi connectivity index (χ0v) is 12.1. The molecule has 0 aromatic heterocycles. The molecule has 0 aliphatic carbocycles. The van der Waals surface area contributed by atoms with Crippen molar-refractivity contribution < 1.29 is 9.50 Å². The second-order valence-electron chi connectivity index (χ2n) is 3.92. The smallest absolute Gasteiger partial charge is 0.124 e. The predicted molar refractivity (Wildman–Crippen MR) is 75.3 cm³/mol. The van der Waals surface area contributed by atoms with E-state index in [0.29, 0.717) is 0 Å². The Morgan fingerprint density at radius 1 is 1.22 bits per heavy atom. The van der Waals surface area contributed by atoms with Crippen molar-refractivity contribution in [3.05, 3.63) is 58.3 Å². The van der Waals surface area contributed by atoms with Gasteiger partial charge in [-0.05, 0) is 48.9 Å². The first-order valence-corrected chi connectivity index (χ1v) is 7.08. The van der Waals surface area contributed by atoms with Gasteiger partial charge in [0.2, 0.25) is 0 Å². The third-order valence-corrected chi connectivity index (χ3v) is 4.02. The fourth-order valence-corrected chi connectivity index (χ4v) is 3.03. The van der Waals surface area contributed by atoms with E-state index in [1.807, 2.05) is 24.3 Å². The number of benzene rings is 2. The predicted octanol–water partition coefficient (Wildman–Crippen LogP) is 4.79. The highest BCUT2D eigenvalue weighted by Gasteiger charge is 2.10. The number of hydrogen-bond donors (Lipinski definition) is 1. The van der Waals surface area contributed by atoms with Crippen molar-refractivity contribution in [3.63, 3.8) is 0 Å². The van der Waals surface area contributed by atoms with E-state index in [0.717, 1.165) is 19.8 Å². The minimum atomic E-state index is -0.557. The first-order chi connectivity index (χ1) is 8.56. The minimum absolute atomic E-state index is 0.254. The Balaban J connectivity index is 2.34. The Labute approximate surface area is 118 Å². The molecule has 0 bridgehead atoms. The lowest BCUT2D eigenvalue weighted by molar-refractivity contribution is 0.196. The summed E-state index contributed by atoms with van der Waals surface area (Å²) in [6.45, 7) is 1.72. The molecule has 0 radical (unpaired) electrons. The highest BCUT2D eigenvalue weighted by Crippen LogP contribution is 2.35. The van der Waals surface area contributed by atoms with E-state index in [9.17, 15) is 9.50 Å². The molecule has 0 fully saturated rings. The van der Waals surface area contributed by atoms with Gasteiger partial charge in [-0.15, -0.1) is 0 Å². The number of aliphatic hydroxyl groups excluding tert-OH is 1. The lowest BCUT2D eigenvalue weighted by Crippen LogP contribution is -1.94. The van der Waals surface area contributed by atoms with E-state index in [-0.39, 0.29) is 5.82 Å². The fourth-order valence-electron chi connectivity index (χ4n) is 1.60. The summed E-state index contributed by atoms with van der Waals surface area (Å²) in [7, 11) is 0. The van der Waals surface area contributed by atoms with Crippen molar-refractivity contribution in [2.75, 3.05) is 0 Å². The summed E-state index contributed by atoms with van der Waals surface area (Å²) >= 11 is 4.83. The molecule has 0 saturated carbocycles. The van der Waals surface area contributed by atoms with Crippen LogP contribution in [-0.4, -0.2) is 5.11 Å². The molecule has 94 valence electrons. The van der Waals surface area contributed by atoms with Gasteiger partial charge in [-0.3, -0.25) is 0 Å². The Morgan fingerprint density at radius 3 is 2.67 bits per heavy atom. The molecule has 2 aromatic rings. The molecule has 4 heteroatoms. The molecular weight excluding hydrogens is 315 g/mol. The van der Waals surface area contributed by atoms with Crippen LogP contribution < -0.4 is 0 Å². The Bertz CT molecular complexity index is 557. The van der Waals surface area contributed by atoms with Crippen LogP contribution in [0.4, 0.5) is 4.39 Å². The van der Waals surface area contributed by atoms with Crippen molar-refractivity contribution in [2.24, 2.45) is 0 Å². The Morgan fingerprint density at radius 2 is 2.00 bits per heavy atom. The molecule has 1 N–H and O–H groups in total.